The molecule has 15 aromatic rings. The van der Waals surface area contributed by atoms with Crippen LogP contribution in [0.2, 0.25) is 0 Å². The van der Waals surface area contributed by atoms with Crippen LogP contribution in [-0.4, -0.2) is 18.3 Å². The number of rotatable bonds is 6. The number of para-hydroxylation sites is 6. The highest BCUT2D eigenvalue weighted by molar-refractivity contribution is 6.28. The van der Waals surface area contributed by atoms with Gasteiger partial charge in [0.15, 0.2) is 0 Å². The highest BCUT2D eigenvalue weighted by atomic mass is 15.0. The Hall–Kier alpha value is -10.4. The number of hydrogen-bond acceptors (Lipinski definition) is 2. The second-order valence-corrected chi connectivity index (χ2v) is 19.5. The van der Waals surface area contributed by atoms with Gasteiger partial charge in [0.2, 0.25) is 0 Å². The number of hydrogen-bond donors (Lipinski definition) is 0. The van der Waals surface area contributed by atoms with Crippen molar-refractivity contribution in [2.24, 2.45) is 0 Å². The zero-order chi connectivity index (χ0) is 49.9. The van der Waals surface area contributed by atoms with Gasteiger partial charge in [-0.2, -0.15) is 10.5 Å². The molecule has 0 aliphatic rings. The first-order valence-corrected chi connectivity index (χ1v) is 25.3. The third kappa shape index (κ3) is 6.06. The predicted molar refractivity (Wildman–Crippen MR) is 309 cm³/mol. The second-order valence-electron chi connectivity index (χ2n) is 19.5. The second kappa shape index (κ2) is 16.3. The molecule has 0 N–H and O–H groups in total. The molecule has 15 rings (SSSR count). The van der Waals surface area contributed by atoms with Gasteiger partial charge in [-0.15, -0.1) is 0 Å². The summed E-state index contributed by atoms with van der Waals surface area (Å²) < 4.78 is 9.83. The average Bonchev–Trinajstić information content (AvgIpc) is 4.28. The van der Waals surface area contributed by atoms with Gasteiger partial charge in [0, 0.05) is 65.6 Å². The number of aromatic nitrogens is 4. The van der Waals surface area contributed by atoms with Crippen molar-refractivity contribution in [1.82, 2.24) is 18.3 Å². The molecule has 0 saturated carbocycles. The molecular formula is C69H42N6. The van der Waals surface area contributed by atoms with E-state index in [-0.39, 0.29) is 0 Å². The Morgan fingerprint density at radius 1 is 0.307 bits per heavy atom. The fourth-order valence-electron chi connectivity index (χ4n) is 12.5. The summed E-state index contributed by atoms with van der Waals surface area (Å²) in [6.07, 6.45) is 0. The summed E-state index contributed by atoms with van der Waals surface area (Å²) in [7, 11) is 0. The van der Waals surface area contributed by atoms with Crippen LogP contribution in [0.4, 0.5) is 0 Å². The smallest absolute Gasteiger partial charge is 0.0991 e. The molecule has 75 heavy (non-hydrogen) atoms. The molecule has 0 bridgehead atoms. The van der Waals surface area contributed by atoms with Crippen molar-refractivity contribution in [1.29, 1.82) is 10.5 Å². The van der Waals surface area contributed by atoms with Gasteiger partial charge in [-0.25, -0.2) is 0 Å². The Balaban J connectivity index is 1.18. The first kappa shape index (κ1) is 42.3. The van der Waals surface area contributed by atoms with Crippen LogP contribution in [0.15, 0.2) is 237 Å². The van der Waals surface area contributed by atoms with Crippen molar-refractivity contribution >= 4 is 87.2 Å². The van der Waals surface area contributed by atoms with Gasteiger partial charge in [0.05, 0.1) is 78.8 Å². The van der Waals surface area contributed by atoms with E-state index >= 15 is 0 Å². The van der Waals surface area contributed by atoms with Crippen molar-refractivity contribution < 1.29 is 0 Å². The van der Waals surface area contributed by atoms with E-state index in [2.05, 4.69) is 250 Å². The van der Waals surface area contributed by atoms with Gasteiger partial charge in [-0.05, 0) is 115 Å². The standard InChI is InChI=1S/C69H42N6/c1-43-64(46-32-28-44(41-70)29-33-46)62(74-56-24-12-8-20-50(56)52-36-38-60-66(68(52)74)54-22-10-14-26-58(54)72(60)48-16-4-2-5-17-48)40-63(65(43)47-34-30-45(42-71)31-35-47)75-57-25-13-9-21-51(57)53-37-39-61-67(69(53)75)55-23-11-15-27-59(55)73(61)49-18-6-3-7-19-49/h2-40H,1H3. The maximum absolute atomic E-state index is 10.1. The largest absolute Gasteiger partial charge is 0.309 e. The Morgan fingerprint density at radius 3 is 1.04 bits per heavy atom. The molecule has 0 aliphatic heterocycles. The third-order valence-electron chi connectivity index (χ3n) is 15.6. The van der Waals surface area contributed by atoms with Crippen molar-refractivity contribution in [2.75, 3.05) is 0 Å². The number of benzene rings is 11. The zero-order valence-corrected chi connectivity index (χ0v) is 40.7. The first-order valence-electron chi connectivity index (χ1n) is 25.3. The Bertz CT molecular complexity index is 4630. The van der Waals surface area contributed by atoms with Crippen molar-refractivity contribution in [3.63, 3.8) is 0 Å². The molecule has 0 aliphatic carbocycles. The van der Waals surface area contributed by atoms with E-state index in [4.69, 9.17) is 0 Å². The Kier molecular flexibility index (Phi) is 9.20. The lowest BCUT2D eigenvalue weighted by Crippen LogP contribution is -2.07. The minimum Gasteiger partial charge on any atom is -0.309 e. The highest BCUT2D eigenvalue weighted by Crippen LogP contribution is 2.50. The molecule has 0 amide bonds. The average molecular weight is 955 g/mol. The molecule has 4 aromatic heterocycles. The molecule has 348 valence electrons. The minimum absolute atomic E-state index is 0.596. The number of nitriles is 2. The van der Waals surface area contributed by atoms with Crippen LogP contribution in [0.5, 0.6) is 0 Å². The summed E-state index contributed by atoms with van der Waals surface area (Å²) in [6.45, 7) is 2.25. The van der Waals surface area contributed by atoms with Gasteiger partial charge in [0.1, 0.15) is 0 Å². The van der Waals surface area contributed by atoms with E-state index in [1.54, 1.807) is 0 Å². The van der Waals surface area contributed by atoms with Crippen molar-refractivity contribution in [3.8, 4) is 57.1 Å². The zero-order valence-electron chi connectivity index (χ0n) is 40.7. The fraction of sp³-hybridized carbons (Fsp3) is 0.0145. The van der Waals surface area contributed by atoms with Crippen LogP contribution in [0, 0.1) is 29.6 Å². The van der Waals surface area contributed by atoms with Crippen molar-refractivity contribution in [3.05, 3.63) is 253 Å². The van der Waals surface area contributed by atoms with E-state index in [1.807, 2.05) is 24.3 Å². The molecule has 0 fully saturated rings. The van der Waals surface area contributed by atoms with Crippen LogP contribution in [0.1, 0.15) is 16.7 Å². The van der Waals surface area contributed by atoms with Crippen LogP contribution < -0.4 is 0 Å². The predicted octanol–water partition coefficient (Wildman–Crippen LogP) is 17.5. The van der Waals surface area contributed by atoms with Gasteiger partial charge < -0.3 is 18.3 Å². The summed E-state index contributed by atoms with van der Waals surface area (Å²) in [5, 5.41) is 29.6. The van der Waals surface area contributed by atoms with E-state index < -0.39 is 0 Å². The van der Waals surface area contributed by atoms with Crippen LogP contribution in [0.3, 0.4) is 0 Å². The number of fused-ring (bicyclic) bond motifs is 14. The Morgan fingerprint density at radius 2 is 0.653 bits per heavy atom. The molecule has 0 radical (unpaired) electrons. The molecular weight excluding hydrogens is 913 g/mol. The normalized spacial score (nSPS) is 11.8. The SMILES string of the molecule is Cc1c(-c2ccc(C#N)cc2)c(-n2c3ccccc3c3ccc4c(c5ccccc5n4-c4ccccc4)c32)cc(-n2c3ccccc3c3ccc4c(c5ccccc5n4-c4ccccc4)c32)c1-c1ccc(C#N)cc1. The topological polar surface area (TPSA) is 67.3 Å². The lowest BCUT2D eigenvalue weighted by Gasteiger charge is -2.25. The third-order valence-corrected chi connectivity index (χ3v) is 15.6. The van der Waals surface area contributed by atoms with E-state index in [0.717, 1.165) is 138 Å². The van der Waals surface area contributed by atoms with Crippen LogP contribution in [-0.2, 0) is 0 Å². The van der Waals surface area contributed by atoms with Crippen molar-refractivity contribution in [2.45, 2.75) is 6.92 Å². The molecule has 11 aromatic carbocycles. The maximum Gasteiger partial charge on any atom is 0.0991 e. The molecule has 4 heterocycles. The highest BCUT2D eigenvalue weighted by Gasteiger charge is 2.29. The molecule has 6 nitrogen and oxygen atoms in total. The lowest BCUT2D eigenvalue weighted by molar-refractivity contribution is 1.13. The maximum atomic E-state index is 10.1. The van der Waals surface area contributed by atoms with E-state index in [9.17, 15) is 10.5 Å². The first-order chi connectivity index (χ1) is 37.1. The summed E-state index contributed by atoms with van der Waals surface area (Å²) in [5.74, 6) is 0. The summed E-state index contributed by atoms with van der Waals surface area (Å²) in [4.78, 5) is 0. The molecule has 0 saturated heterocycles. The molecule has 0 spiro atoms. The molecule has 0 unspecified atom stereocenters. The summed E-state index contributed by atoms with van der Waals surface area (Å²) in [5.41, 5.74) is 19.4. The monoisotopic (exact) mass is 954 g/mol. The fourth-order valence-corrected chi connectivity index (χ4v) is 12.5. The minimum atomic E-state index is 0.596. The summed E-state index contributed by atoms with van der Waals surface area (Å²) >= 11 is 0. The van der Waals surface area contributed by atoms with E-state index in [0.29, 0.717) is 11.1 Å². The molecule has 0 atom stereocenters. The lowest BCUT2D eigenvalue weighted by atomic mass is 9.88. The molecule has 6 heteroatoms. The van der Waals surface area contributed by atoms with Gasteiger partial charge in [0.25, 0.3) is 0 Å². The quantitative estimate of drug-likeness (QED) is 0.167. The van der Waals surface area contributed by atoms with Gasteiger partial charge in [-0.3, -0.25) is 0 Å². The Labute approximate surface area is 431 Å². The van der Waals surface area contributed by atoms with Crippen LogP contribution >= 0.6 is 0 Å². The number of nitrogens with zero attached hydrogens (tertiary/aromatic N) is 6. The van der Waals surface area contributed by atoms with Gasteiger partial charge in [-0.1, -0.05) is 146 Å². The van der Waals surface area contributed by atoms with E-state index in [1.165, 1.54) is 0 Å². The summed E-state index contributed by atoms with van der Waals surface area (Å²) in [6, 6.07) is 89.0. The van der Waals surface area contributed by atoms with Crippen LogP contribution in [0.25, 0.3) is 132 Å². The van der Waals surface area contributed by atoms with Gasteiger partial charge >= 0.3 is 0 Å².